The van der Waals surface area contributed by atoms with Crippen LogP contribution in [0, 0.1) is 6.92 Å². The Morgan fingerprint density at radius 2 is 2.17 bits per heavy atom. The average molecular weight is 313 g/mol. The summed E-state index contributed by atoms with van der Waals surface area (Å²) in [7, 11) is 0. The normalized spacial score (nSPS) is 10.8. The second-order valence-electron chi connectivity index (χ2n) is 5.25. The number of carboxylic acid groups (broad SMARTS) is 1. The molecule has 118 valence electrons. The number of carbonyl (C=O) groups excluding carboxylic acids is 1. The number of aromatic nitrogens is 2. The Labute approximate surface area is 131 Å². The number of nitrogens with zero attached hydrogens (tertiary/aromatic N) is 2. The van der Waals surface area contributed by atoms with Crippen molar-refractivity contribution in [1.82, 2.24) is 9.78 Å². The summed E-state index contributed by atoms with van der Waals surface area (Å²) in [5.74, 6) is -1.39. The van der Waals surface area contributed by atoms with E-state index in [2.05, 4.69) is 10.4 Å². The van der Waals surface area contributed by atoms with Gasteiger partial charge < -0.3 is 14.8 Å². The van der Waals surface area contributed by atoms with Crippen LogP contribution in [0.3, 0.4) is 0 Å². The minimum atomic E-state index is -1.12. The molecule has 2 N–H and O–H groups in total. The molecule has 0 aliphatic carbocycles. The molecule has 0 saturated heterocycles. The van der Waals surface area contributed by atoms with Crippen LogP contribution in [-0.2, 0) is 11.3 Å². The van der Waals surface area contributed by atoms with Crippen molar-refractivity contribution in [3.63, 3.8) is 0 Å². The number of carboxylic acids is 1. The molecule has 1 amide bonds. The molecule has 0 aliphatic heterocycles. The zero-order valence-electron chi connectivity index (χ0n) is 12.4. The molecular weight excluding hydrogens is 298 g/mol. The number of hydrogen-bond donors (Lipinski definition) is 2. The summed E-state index contributed by atoms with van der Waals surface area (Å²) in [4.78, 5) is 22.9. The topological polar surface area (TPSA) is 97.4 Å². The van der Waals surface area contributed by atoms with Crippen molar-refractivity contribution in [1.29, 1.82) is 0 Å². The minimum absolute atomic E-state index is 0.127. The lowest BCUT2D eigenvalue weighted by Gasteiger charge is -2.05. The Morgan fingerprint density at radius 1 is 1.35 bits per heavy atom. The van der Waals surface area contributed by atoms with Crippen LogP contribution in [0.25, 0.3) is 11.0 Å². The first-order valence-electron chi connectivity index (χ1n) is 7.07. The fraction of sp³-hybridized carbons (Fsp3) is 0.188. The van der Waals surface area contributed by atoms with Crippen LogP contribution in [0.4, 0.5) is 5.69 Å². The summed E-state index contributed by atoms with van der Waals surface area (Å²) in [6, 6.07) is 6.42. The molecule has 0 unspecified atom stereocenters. The number of nitrogens with one attached hydrogen (secondary N) is 1. The van der Waals surface area contributed by atoms with E-state index in [4.69, 9.17) is 9.52 Å². The van der Waals surface area contributed by atoms with Crippen LogP contribution >= 0.6 is 0 Å². The zero-order valence-corrected chi connectivity index (χ0v) is 12.4. The quantitative estimate of drug-likeness (QED) is 0.754. The number of aromatic carboxylic acids is 1. The number of anilines is 1. The summed E-state index contributed by atoms with van der Waals surface area (Å²) >= 11 is 0. The van der Waals surface area contributed by atoms with Crippen molar-refractivity contribution in [2.45, 2.75) is 19.9 Å². The third kappa shape index (κ3) is 3.39. The van der Waals surface area contributed by atoms with Gasteiger partial charge in [0.25, 0.3) is 0 Å². The molecule has 0 bridgehead atoms. The molecule has 2 heterocycles. The van der Waals surface area contributed by atoms with Gasteiger partial charge in [-0.3, -0.25) is 9.48 Å². The van der Waals surface area contributed by atoms with Crippen LogP contribution in [0.15, 0.2) is 41.1 Å². The predicted octanol–water partition coefficient (Wildman–Crippen LogP) is 2.66. The van der Waals surface area contributed by atoms with E-state index in [1.807, 2.05) is 13.1 Å². The van der Waals surface area contributed by atoms with Crippen LogP contribution < -0.4 is 5.32 Å². The van der Waals surface area contributed by atoms with Gasteiger partial charge in [0.2, 0.25) is 11.7 Å². The first-order valence-corrected chi connectivity index (χ1v) is 7.07. The summed E-state index contributed by atoms with van der Waals surface area (Å²) < 4.78 is 6.89. The monoisotopic (exact) mass is 313 g/mol. The molecule has 0 saturated carbocycles. The highest BCUT2D eigenvalue weighted by molar-refractivity contribution is 5.95. The molecule has 0 radical (unpaired) electrons. The van der Waals surface area contributed by atoms with E-state index in [9.17, 15) is 9.59 Å². The van der Waals surface area contributed by atoms with Crippen molar-refractivity contribution in [3.05, 3.63) is 48.0 Å². The molecule has 3 aromatic rings. The summed E-state index contributed by atoms with van der Waals surface area (Å²) in [5, 5.41) is 16.4. The lowest BCUT2D eigenvalue weighted by atomic mass is 10.2. The van der Waals surface area contributed by atoms with E-state index in [0.29, 0.717) is 29.6 Å². The number of furan rings is 1. The molecule has 0 atom stereocenters. The van der Waals surface area contributed by atoms with E-state index in [1.54, 1.807) is 29.1 Å². The smallest absolute Gasteiger partial charge is 0.371 e. The van der Waals surface area contributed by atoms with Gasteiger partial charge in [-0.2, -0.15) is 5.10 Å². The Morgan fingerprint density at radius 3 is 2.87 bits per heavy atom. The maximum atomic E-state index is 12.0. The van der Waals surface area contributed by atoms with Gasteiger partial charge in [0.1, 0.15) is 5.58 Å². The number of rotatable bonds is 5. The van der Waals surface area contributed by atoms with Crippen LogP contribution in [0.1, 0.15) is 22.5 Å². The molecule has 0 fully saturated rings. The molecule has 7 nitrogen and oxygen atoms in total. The number of aryl methyl sites for hydroxylation is 2. The number of amides is 1. The van der Waals surface area contributed by atoms with Crippen molar-refractivity contribution in [2.75, 3.05) is 5.32 Å². The van der Waals surface area contributed by atoms with Gasteiger partial charge in [-0.1, -0.05) is 0 Å². The molecule has 3 rings (SSSR count). The fourth-order valence-corrected chi connectivity index (χ4v) is 2.26. The lowest BCUT2D eigenvalue weighted by Crippen LogP contribution is -2.14. The van der Waals surface area contributed by atoms with Crippen LogP contribution in [-0.4, -0.2) is 26.8 Å². The number of benzene rings is 1. The molecule has 1 aromatic carbocycles. The molecule has 23 heavy (non-hydrogen) atoms. The lowest BCUT2D eigenvalue weighted by molar-refractivity contribution is -0.116. The van der Waals surface area contributed by atoms with E-state index in [1.165, 1.54) is 6.07 Å². The van der Waals surface area contributed by atoms with Gasteiger partial charge in [0.05, 0.1) is 6.20 Å². The van der Waals surface area contributed by atoms with Gasteiger partial charge in [-0.15, -0.1) is 0 Å². The van der Waals surface area contributed by atoms with Crippen LogP contribution in [0.2, 0.25) is 0 Å². The summed E-state index contributed by atoms with van der Waals surface area (Å²) in [5.41, 5.74) is 2.11. The third-order valence-electron chi connectivity index (χ3n) is 3.34. The molecule has 2 aromatic heterocycles. The van der Waals surface area contributed by atoms with Gasteiger partial charge in [-0.25, -0.2) is 4.79 Å². The Kier molecular flexibility index (Phi) is 3.84. The van der Waals surface area contributed by atoms with Gasteiger partial charge in [-0.05, 0) is 36.8 Å². The summed E-state index contributed by atoms with van der Waals surface area (Å²) in [6.45, 7) is 2.44. The van der Waals surface area contributed by atoms with E-state index < -0.39 is 5.97 Å². The van der Waals surface area contributed by atoms with Crippen LogP contribution in [0.5, 0.6) is 0 Å². The Hall–Kier alpha value is -3.09. The van der Waals surface area contributed by atoms with Crippen molar-refractivity contribution in [2.24, 2.45) is 0 Å². The first kappa shape index (κ1) is 14.8. The maximum Gasteiger partial charge on any atom is 0.371 e. The standard InChI is InChI=1S/C16H15N3O4/c1-10-8-17-19(9-10)5-4-15(20)18-12-2-3-13-11(6-12)7-14(23-13)16(21)22/h2-3,6-9H,4-5H2,1H3,(H,18,20)(H,21,22). The number of hydrogen-bond acceptors (Lipinski definition) is 4. The number of fused-ring (bicyclic) bond motifs is 1. The Bertz CT molecular complexity index is 878. The van der Waals surface area contributed by atoms with E-state index >= 15 is 0 Å². The first-order chi connectivity index (χ1) is 11.0. The van der Waals surface area contributed by atoms with Crippen molar-refractivity contribution < 1.29 is 19.1 Å². The van der Waals surface area contributed by atoms with Crippen molar-refractivity contribution >= 4 is 28.5 Å². The minimum Gasteiger partial charge on any atom is -0.475 e. The van der Waals surface area contributed by atoms with E-state index in [0.717, 1.165) is 5.56 Å². The highest BCUT2D eigenvalue weighted by atomic mass is 16.4. The zero-order chi connectivity index (χ0) is 16.4. The van der Waals surface area contributed by atoms with Gasteiger partial charge >= 0.3 is 5.97 Å². The van der Waals surface area contributed by atoms with E-state index in [-0.39, 0.29) is 11.7 Å². The molecule has 7 heteroatoms. The second kappa shape index (κ2) is 5.96. The largest absolute Gasteiger partial charge is 0.475 e. The Balaban J connectivity index is 1.65. The summed E-state index contributed by atoms with van der Waals surface area (Å²) in [6.07, 6.45) is 3.91. The predicted molar refractivity (Wildman–Crippen MR) is 83.4 cm³/mol. The third-order valence-corrected chi connectivity index (χ3v) is 3.34. The fourth-order valence-electron chi connectivity index (χ4n) is 2.26. The maximum absolute atomic E-state index is 12.0. The molecular formula is C16H15N3O4. The molecule has 0 spiro atoms. The highest BCUT2D eigenvalue weighted by Gasteiger charge is 2.11. The molecule has 0 aliphatic rings. The highest BCUT2D eigenvalue weighted by Crippen LogP contribution is 2.23. The van der Waals surface area contributed by atoms with Crippen molar-refractivity contribution in [3.8, 4) is 0 Å². The average Bonchev–Trinajstić information content (AvgIpc) is 3.10. The second-order valence-corrected chi connectivity index (χ2v) is 5.25. The van der Waals surface area contributed by atoms with Gasteiger partial charge in [0, 0.05) is 30.2 Å². The number of carbonyl (C=O) groups is 2. The SMILES string of the molecule is Cc1cnn(CCC(=O)Nc2ccc3oc(C(=O)O)cc3c2)c1. The van der Waals surface area contributed by atoms with Gasteiger partial charge in [0.15, 0.2) is 0 Å².